The summed E-state index contributed by atoms with van der Waals surface area (Å²) in [5.74, 6) is 1.49. The van der Waals surface area contributed by atoms with Crippen LogP contribution in [0.15, 0.2) is 35.1 Å². The van der Waals surface area contributed by atoms with Gasteiger partial charge in [-0.15, -0.1) is 0 Å². The lowest BCUT2D eigenvalue weighted by atomic mass is 9.79. The van der Waals surface area contributed by atoms with Crippen LogP contribution in [-0.4, -0.2) is 64.0 Å². The molecule has 8 nitrogen and oxygen atoms in total. The molecule has 0 bridgehead atoms. The van der Waals surface area contributed by atoms with Crippen LogP contribution in [0, 0.1) is 5.41 Å². The fraction of sp³-hybridized carbons (Fsp3) is 0.450. The van der Waals surface area contributed by atoms with E-state index in [0.717, 1.165) is 18.8 Å². The van der Waals surface area contributed by atoms with E-state index in [4.69, 9.17) is 9.15 Å². The van der Waals surface area contributed by atoms with E-state index >= 15 is 0 Å². The molecule has 0 atom stereocenters. The minimum atomic E-state index is -0.0112. The van der Waals surface area contributed by atoms with Crippen molar-refractivity contribution in [2.45, 2.75) is 19.6 Å². The fourth-order valence-corrected chi connectivity index (χ4v) is 4.36. The first kappa shape index (κ1) is 17.2. The van der Waals surface area contributed by atoms with E-state index in [2.05, 4.69) is 4.98 Å². The summed E-state index contributed by atoms with van der Waals surface area (Å²) >= 11 is 0. The second-order valence-corrected chi connectivity index (χ2v) is 7.78. The molecule has 0 aliphatic carbocycles. The predicted octanol–water partition coefficient (Wildman–Crippen LogP) is 1.39. The Morgan fingerprint density at radius 2 is 2.04 bits per heavy atom. The summed E-state index contributed by atoms with van der Waals surface area (Å²) < 4.78 is 12.6. The van der Waals surface area contributed by atoms with Crippen molar-refractivity contribution >= 4 is 17.9 Å². The minimum absolute atomic E-state index is 0.0112. The summed E-state index contributed by atoms with van der Waals surface area (Å²) in [6.07, 6.45) is 7.41. The van der Waals surface area contributed by atoms with Gasteiger partial charge in [-0.3, -0.25) is 9.59 Å². The number of carbonyl (C=O) groups excluding carboxylic acids is 2. The van der Waals surface area contributed by atoms with Crippen molar-refractivity contribution in [3.63, 3.8) is 0 Å². The van der Waals surface area contributed by atoms with Crippen LogP contribution in [0.3, 0.4) is 0 Å². The summed E-state index contributed by atoms with van der Waals surface area (Å²) in [5.41, 5.74) is 0.665. The third kappa shape index (κ3) is 2.93. The Morgan fingerprint density at radius 3 is 2.86 bits per heavy atom. The number of furan rings is 1. The molecular formula is C20H22N4O4. The Hall–Kier alpha value is -2.87. The van der Waals surface area contributed by atoms with E-state index in [1.54, 1.807) is 30.7 Å². The van der Waals surface area contributed by atoms with Gasteiger partial charge in [-0.1, -0.05) is 0 Å². The minimum Gasteiger partial charge on any atom is -0.465 e. The molecule has 0 N–H and O–H groups in total. The molecule has 0 aromatic carbocycles. The van der Waals surface area contributed by atoms with Gasteiger partial charge in [0, 0.05) is 44.2 Å². The second kappa shape index (κ2) is 6.63. The summed E-state index contributed by atoms with van der Waals surface area (Å²) in [7, 11) is 0. The molecule has 146 valence electrons. The highest BCUT2D eigenvalue weighted by atomic mass is 16.5. The SMILES string of the molecule is O=C(C=Cc1ccco1)N1CCC2(C1)CN(C(=O)c1cnc3n1CCOC3)C2. The van der Waals surface area contributed by atoms with E-state index in [0.29, 0.717) is 50.8 Å². The zero-order chi connectivity index (χ0) is 19.1. The number of amides is 2. The average molecular weight is 382 g/mol. The smallest absolute Gasteiger partial charge is 0.272 e. The normalized spacial score (nSPS) is 20.6. The molecule has 2 amide bonds. The molecule has 0 radical (unpaired) electrons. The molecule has 5 heterocycles. The molecule has 0 saturated carbocycles. The molecule has 3 aliphatic rings. The number of hydrogen-bond donors (Lipinski definition) is 0. The Balaban J connectivity index is 1.19. The van der Waals surface area contributed by atoms with E-state index in [1.165, 1.54) is 0 Å². The largest absolute Gasteiger partial charge is 0.465 e. The maximum absolute atomic E-state index is 12.9. The fourth-order valence-electron chi connectivity index (χ4n) is 4.36. The van der Waals surface area contributed by atoms with Crippen LogP contribution < -0.4 is 0 Å². The zero-order valence-electron chi connectivity index (χ0n) is 15.5. The monoisotopic (exact) mass is 382 g/mol. The maximum Gasteiger partial charge on any atom is 0.272 e. The molecule has 1 spiro atoms. The highest BCUT2D eigenvalue weighted by Gasteiger charge is 2.50. The van der Waals surface area contributed by atoms with Crippen molar-refractivity contribution in [1.82, 2.24) is 19.4 Å². The molecule has 2 fully saturated rings. The summed E-state index contributed by atoms with van der Waals surface area (Å²) in [5, 5.41) is 0. The van der Waals surface area contributed by atoms with Gasteiger partial charge in [0.25, 0.3) is 5.91 Å². The lowest BCUT2D eigenvalue weighted by Gasteiger charge is -2.47. The van der Waals surface area contributed by atoms with E-state index in [9.17, 15) is 9.59 Å². The van der Waals surface area contributed by atoms with E-state index in [1.807, 2.05) is 20.4 Å². The van der Waals surface area contributed by atoms with Crippen molar-refractivity contribution < 1.29 is 18.7 Å². The van der Waals surface area contributed by atoms with Crippen molar-refractivity contribution in [2.75, 3.05) is 32.8 Å². The van der Waals surface area contributed by atoms with Gasteiger partial charge in [-0.05, 0) is 24.6 Å². The number of imidazole rings is 1. The molecular weight excluding hydrogens is 360 g/mol. The van der Waals surface area contributed by atoms with Gasteiger partial charge in [0.1, 0.15) is 23.9 Å². The Bertz CT molecular complexity index is 924. The van der Waals surface area contributed by atoms with Crippen molar-refractivity contribution in [3.8, 4) is 0 Å². The summed E-state index contributed by atoms with van der Waals surface area (Å²) in [4.78, 5) is 33.3. The zero-order valence-corrected chi connectivity index (χ0v) is 15.5. The van der Waals surface area contributed by atoms with Gasteiger partial charge in [0.2, 0.25) is 5.91 Å². The number of hydrogen-bond acceptors (Lipinski definition) is 5. The number of carbonyl (C=O) groups is 2. The van der Waals surface area contributed by atoms with Crippen LogP contribution in [0.1, 0.15) is 28.5 Å². The lowest BCUT2D eigenvalue weighted by molar-refractivity contribution is -0.125. The standard InChI is InChI=1S/C20H22N4O4/c25-18(4-3-15-2-1-8-28-15)22-6-5-20(12-22)13-23(14-20)19(26)16-10-21-17-11-27-9-7-24(16)17/h1-4,8,10H,5-7,9,11-14H2. The van der Waals surface area contributed by atoms with Gasteiger partial charge in [-0.25, -0.2) is 4.98 Å². The highest BCUT2D eigenvalue weighted by Crippen LogP contribution is 2.40. The van der Waals surface area contributed by atoms with E-state index < -0.39 is 0 Å². The van der Waals surface area contributed by atoms with E-state index in [-0.39, 0.29) is 17.2 Å². The number of nitrogens with zero attached hydrogens (tertiary/aromatic N) is 4. The van der Waals surface area contributed by atoms with Crippen molar-refractivity contribution in [2.24, 2.45) is 5.41 Å². The Kier molecular flexibility index (Phi) is 4.08. The van der Waals surface area contributed by atoms with Crippen LogP contribution in [-0.2, 0) is 22.7 Å². The molecule has 2 aromatic rings. The summed E-state index contributed by atoms with van der Waals surface area (Å²) in [6.45, 7) is 4.53. The third-order valence-corrected chi connectivity index (χ3v) is 5.87. The molecule has 28 heavy (non-hydrogen) atoms. The Morgan fingerprint density at radius 1 is 1.18 bits per heavy atom. The molecule has 3 aliphatic heterocycles. The highest BCUT2D eigenvalue weighted by molar-refractivity contribution is 5.94. The molecule has 8 heteroatoms. The van der Waals surface area contributed by atoms with Crippen LogP contribution in [0.5, 0.6) is 0 Å². The molecule has 5 rings (SSSR count). The quantitative estimate of drug-likeness (QED) is 0.750. The van der Waals surface area contributed by atoms with Gasteiger partial charge in [0.15, 0.2) is 0 Å². The predicted molar refractivity (Wildman–Crippen MR) is 99.2 cm³/mol. The van der Waals surface area contributed by atoms with Crippen molar-refractivity contribution in [1.29, 1.82) is 0 Å². The van der Waals surface area contributed by atoms with Crippen LogP contribution >= 0.6 is 0 Å². The maximum atomic E-state index is 12.9. The number of likely N-dealkylation sites (tertiary alicyclic amines) is 2. The Labute approximate surface area is 162 Å². The van der Waals surface area contributed by atoms with Gasteiger partial charge >= 0.3 is 0 Å². The molecule has 0 unspecified atom stereocenters. The first-order valence-electron chi connectivity index (χ1n) is 9.56. The third-order valence-electron chi connectivity index (χ3n) is 5.87. The first-order chi connectivity index (χ1) is 13.6. The van der Waals surface area contributed by atoms with Gasteiger partial charge in [0.05, 0.1) is 19.1 Å². The van der Waals surface area contributed by atoms with Crippen molar-refractivity contribution in [3.05, 3.63) is 47.9 Å². The van der Waals surface area contributed by atoms with Gasteiger partial charge < -0.3 is 23.5 Å². The number of ether oxygens (including phenoxy) is 1. The number of fused-ring (bicyclic) bond motifs is 1. The summed E-state index contributed by atoms with van der Waals surface area (Å²) in [6, 6.07) is 3.60. The second-order valence-electron chi connectivity index (χ2n) is 7.78. The molecule has 2 aromatic heterocycles. The van der Waals surface area contributed by atoms with Crippen LogP contribution in [0.25, 0.3) is 6.08 Å². The molecule has 2 saturated heterocycles. The number of rotatable bonds is 3. The topological polar surface area (TPSA) is 80.8 Å². The van der Waals surface area contributed by atoms with Crippen LogP contribution in [0.4, 0.5) is 0 Å². The number of aromatic nitrogens is 2. The lowest BCUT2D eigenvalue weighted by Crippen LogP contribution is -2.59. The first-order valence-corrected chi connectivity index (χ1v) is 9.56. The van der Waals surface area contributed by atoms with Crippen LogP contribution in [0.2, 0.25) is 0 Å². The average Bonchev–Trinajstić information content (AvgIpc) is 3.43. The van der Waals surface area contributed by atoms with Gasteiger partial charge in [-0.2, -0.15) is 0 Å².